The van der Waals surface area contributed by atoms with E-state index >= 15 is 0 Å². The summed E-state index contributed by atoms with van der Waals surface area (Å²) >= 11 is 0. The number of anilines is 3. The molecule has 2 rings (SSSR count). The Labute approximate surface area is 200 Å². The van der Waals surface area contributed by atoms with Crippen LogP contribution in [0.4, 0.5) is 31.0 Å². The lowest BCUT2D eigenvalue weighted by Crippen LogP contribution is -2.24. The third kappa shape index (κ3) is 9.02. The van der Waals surface area contributed by atoms with Gasteiger partial charge in [0.1, 0.15) is 5.82 Å². The maximum atomic E-state index is 13.3. The zero-order valence-electron chi connectivity index (χ0n) is 20.1. The molecule has 8 heteroatoms. The van der Waals surface area contributed by atoms with E-state index in [1.165, 1.54) is 12.1 Å². The summed E-state index contributed by atoms with van der Waals surface area (Å²) in [5.74, 6) is 2.64. The van der Waals surface area contributed by atoms with Crippen LogP contribution in [0, 0.1) is 30.0 Å². The Kier molecular flexibility index (Phi) is 10.2. The first-order chi connectivity index (χ1) is 16.2. The molecular weight excluding hydrogens is 437 g/mol. The van der Waals surface area contributed by atoms with Crippen LogP contribution in [-0.4, -0.2) is 31.9 Å². The molecule has 7 nitrogen and oxygen atoms in total. The molecule has 0 spiro atoms. The average molecular weight is 470 g/mol. The number of amides is 2. The molecule has 0 heterocycles. The minimum atomic E-state index is -0.647. The Morgan fingerprint density at radius 3 is 2.03 bits per heavy atom. The number of carbonyl (C=O) groups is 2. The Morgan fingerprint density at radius 2 is 1.50 bits per heavy atom. The van der Waals surface area contributed by atoms with Crippen molar-refractivity contribution in [3.05, 3.63) is 53.8 Å². The van der Waals surface area contributed by atoms with Crippen molar-refractivity contribution in [3.63, 3.8) is 0 Å². The second-order valence-electron chi connectivity index (χ2n) is 8.65. The standard InChI is InChI=1S/C26H32FN3O4/c1-6-13-30(15-20-7-9-21(27)10-8-20)22-11-12-23(28-25(31)33-16-18(2)3)24(14-22)29-26(32)34-17-19(4)5/h1,7-12,14,18-19H,13,15-17H2,2-5H3,(H,28,31)(H,29,32). The van der Waals surface area contributed by atoms with Gasteiger partial charge in [0.15, 0.2) is 0 Å². The lowest BCUT2D eigenvalue weighted by molar-refractivity contribution is 0.146. The van der Waals surface area contributed by atoms with E-state index in [2.05, 4.69) is 16.6 Å². The number of carbonyl (C=O) groups excluding carboxylic acids is 2. The maximum absolute atomic E-state index is 13.3. The SMILES string of the molecule is C#CCN(Cc1ccc(F)cc1)c1ccc(NC(=O)OCC(C)C)c(NC(=O)OCC(C)C)c1. The topological polar surface area (TPSA) is 79.9 Å². The number of nitrogens with zero attached hydrogens (tertiary/aromatic N) is 1. The zero-order chi connectivity index (χ0) is 25.1. The van der Waals surface area contributed by atoms with Gasteiger partial charge in [-0.15, -0.1) is 6.42 Å². The number of ether oxygens (including phenoxy) is 2. The molecule has 0 aliphatic carbocycles. The van der Waals surface area contributed by atoms with Crippen molar-refractivity contribution in [2.45, 2.75) is 34.2 Å². The Morgan fingerprint density at radius 1 is 0.941 bits per heavy atom. The van der Waals surface area contributed by atoms with Gasteiger partial charge >= 0.3 is 12.2 Å². The fraction of sp³-hybridized carbons (Fsp3) is 0.385. The van der Waals surface area contributed by atoms with E-state index in [0.29, 0.717) is 23.6 Å². The van der Waals surface area contributed by atoms with E-state index < -0.39 is 12.2 Å². The predicted octanol–water partition coefficient (Wildman–Crippen LogP) is 5.87. The average Bonchev–Trinajstić information content (AvgIpc) is 2.78. The van der Waals surface area contributed by atoms with Crippen molar-refractivity contribution in [2.75, 3.05) is 35.3 Å². The zero-order valence-corrected chi connectivity index (χ0v) is 20.1. The van der Waals surface area contributed by atoms with Gasteiger partial charge in [0, 0.05) is 12.2 Å². The molecule has 2 amide bonds. The van der Waals surface area contributed by atoms with Gasteiger partial charge in [-0.05, 0) is 47.7 Å². The second kappa shape index (κ2) is 13.1. The molecule has 0 aromatic heterocycles. The van der Waals surface area contributed by atoms with E-state index in [0.717, 1.165) is 5.56 Å². The number of benzene rings is 2. The van der Waals surface area contributed by atoms with Gasteiger partial charge in [-0.2, -0.15) is 0 Å². The molecule has 0 unspecified atom stereocenters. The summed E-state index contributed by atoms with van der Waals surface area (Å²) in [5.41, 5.74) is 2.24. The summed E-state index contributed by atoms with van der Waals surface area (Å²) in [7, 11) is 0. The number of terminal acetylenes is 1. The van der Waals surface area contributed by atoms with Crippen LogP contribution in [0.2, 0.25) is 0 Å². The smallest absolute Gasteiger partial charge is 0.411 e. The van der Waals surface area contributed by atoms with Crippen molar-refractivity contribution in [2.24, 2.45) is 11.8 Å². The van der Waals surface area contributed by atoms with Crippen molar-refractivity contribution in [3.8, 4) is 12.3 Å². The quantitative estimate of drug-likeness (QED) is 0.425. The van der Waals surface area contributed by atoms with Gasteiger partial charge in [0.25, 0.3) is 0 Å². The van der Waals surface area contributed by atoms with Gasteiger partial charge in [-0.25, -0.2) is 14.0 Å². The Hall–Kier alpha value is -3.73. The van der Waals surface area contributed by atoms with Gasteiger partial charge in [-0.1, -0.05) is 45.7 Å². The lowest BCUT2D eigenvalue weighted by atomic mass is 10.1. The highest BCUT2D eigenvalue weighted by Gasteiger charge is 2.16. The summed E-state index contributed by atoms with van der Waals surface area (Å²) in [5, 5.41) is 5.34. The third-order valence-electron chi connectivity index (χ3n) is 4.51. The van der Waals surface area contributed by atoms with Crippen molar-refractivity contribution < 1.29 is 23.5 Å². The number of halogens is 1. The number of rotatable bonds is 10. The van der Waals surface area contributed by atoms with Crippen LogP contribution in [0.5, 0.6) is 0 Å². The molecule has 2 aromatic rings. The van der Waals surface area contributed by atoms with Crippen molar-refractivity contribution in [1.29, 1.82) is 0 Å². The molecular formula is C26H32FN3O4. The van der Waals surface area contributed by atoms with Crippen LogP contribution >= 0.6 is 0 Å². The van der Waals surface area contributed by atoms with E-state index in [-0.39, 0.29) is 37.4 Å². The van der Waals surface area contributed by atoms with Crippen molar-refractivity contribution in [1.82, 2.24) is 0 Å². The molecule has 0 aliphatic rings. The minimum absolute atomic E-state index is 0.169. The maximum Gasteiger partial charge on any atom is 0.411 e. The summed E-state index contributed by atoms with van der Waals surface area (Å²) in [6, 6.07) is 11.2. The number of nitrogens with one attached hydrogen (secondary N) is 2. The van der Waals surface area contributed by atoms with Crippen LogP contribution in [0.25, 0.3) is 0 Å². The molecule has 0 aliphatic heterocycles. The first-order valence-electron chi connectivity index (χ1n) is 11.1. The molecule has 0 fully saturated rings. The molecule has 0 saturated heterocycles. The molecule has 0 saturated carbocycles. The fourth-order valence-corrected chi connectivity index (χ4v) is 2.88. The van der Waals surface area contributed by atoms with Crippen LogP contribution < -0.4 is 15.5 Å². The molecule has 2 aromatic carbocycles. The van der Waals surface area contributed by atoms with E-state index in [1.54, 1.807) is 30.3 Å². The highest BCUT2D eigenvalue weighted by molar-refractivity contribution is 5.96. The molecule has 2 N–H and O–H groups in total. The van der Waals surface area contributed by atoms with Gasteiger partial charge in [0.2, 0.25) is 0 Å². The highest BCUT2D eigenvalue weighted by atomic mass is 19.1. The summed E-state index contributed by atoms with van der Waals surface area (Å²) < 4.78 is 23.7. The number of hydrogen-bond acceptors (Lipinski definition) is 5. The summed E-state index contributed by atoms with van der Waals surface area (Å²) in [6.07, 6.45) is 4.29. The van der Waals surface area contributed by atoms with Gasteiger partial charge in [-0.3, -0.25) is 10.6 Å². The molecule has 182 valence electrons. The summed E-state index contributed by atoms with van der Waals surface area (Å²) in [6.45, 7) is 8.93. The van der Waals surface area contributed by atoms with Gasteiger partial charge < -0.3 is 14.4 Å². The molecule has 0 radical (unpaired) electrons. The van der Waals surface area contributed by atoms with Crippen LogP contribution in [0.15, 0.2) is 42.5 Å². The van der Waals surface area contributed by atoms with Gasteiger partial charge in [0.05, 0.1) is 31.1 Å². The lowest BCUT2D eigenvalue weighted by Gasteiger charge is -2.24. The normalized spacial score (nSPS) is 10.5. The first kappa shape index (κ1) is 26.5. The van der Waals surface area contributed by atoms with Crippen LogP contribution in [-0.2, 0) is 16.0 Å². The fourth-order valence-electron chi connectivity index (χ4n) is 2.88. The minimum Gasteiger partial charge on any atom is -0.449 e. The third-order valence-corrected chi connectivity index (χ3v) is 4.51. The van der Waals surface area contributed by atoms with Crippen LogP contribution in [0.3, 0.4) is 0 Å². The summed E-state index contributed by atoms with van der Waals surface area (Å²) in [4.78, 5) is 26.4. The van der Waals surface area contributed by atoms with Crippen molar-refractivity contribution >= 4 is 29.2 Å². The molecule has 34 heavy (non-hydrogen) atoms. The number of hydrogen-bond donors (Lipinski definition) is 2. The van der Waals surface area contributed by atoms with E-state index in [9.17, 15) is 14.0 Å². The molecule has 0 atom stereocenters. The Bertz CT molecular complexity index is 1000. The Balaban J connectivity index is 2.30. The monoisotopic (exact) mass is 469 g/mol. The first-order valence-corrected chi connectivity index (χ1v) is 11.1. The largest absolute Gasteiger partial charge is 0.449 e. The van der Waals surface area contributed by atoms with E-state index in [4.69, 9.17) is 15.9 Å². The molecule has 0 bridgehead atoms. The van der Waals surface area contributed by atoms with Crippen LogP contribution in [0.1, 0.15) is 33.3 Å². The predicted molar refractivity (Wildman–Crippen MR) is 132 cm³/mol. The van der Waals surface area contributed by atoms with E-state index in [1.807, 2.05) is 32.6 Å². The second-order valence-corrected chi connectivity index (χ2v) is 8.65. The highest BCUT2D eigenvalue weighted by Crippen LogP contribution is 2.29.